The second-order valence-corrected chi connectivity index (χ2v) is 6.47. The minimum absolute atomic E-state index is 0.0555. The van der Waals surface area contributed by atoms with Crippen molar-refractivity contribution in [3.8, 4) is 0 Å². The van der Waals surface area contributed by atoms with Gasteiger partial charge in [0, 0.05) is 19.8 Å². The van der Waals surface area contributed by atoms with Gasteiger partial charge in [0.05, 0.1) is 5.75 Å². The largest absolute Gasteiger partial charge is 0.370 e. The van der Waals surface area contributed by atoms with Gasteiger partial charge in [0.25, 0.3) is 0 Å². The van der Waals surface area contributed by atoms with Crippen molar-refractivity contribution in [2.75, 3.05) is 19.1 Å². The van der Waals surface area contributed by atoms with E-state index in [2.05, 4.69) is 0 Å². The predicted molar refractivity (Wildman–Crippen MR) is 57.5 cm³/mol. The quantitative estimate of drug-likeness (QED) is 0.686. The molecule has 1 aliphatic carbocycles. The van der Waals surface area contributed by atoms with Crippen LogP contribution in [0.3, 0.4) is 0 Å². The first-order valence-electron chi connectivity index (χ1n) is 5.16. The highest BCUT2D eigenvalue weighted by Crippen LogP contribution is 2.36. The van der Waals surface area contributed by atoms with Crippen molar-refractivity contribution in [1.29, 1.82) is 0 Å². The van der Waals surface area contributed by atoms with Crippen molar-refractivity contribution < 1.29 is 17.9 Å². The molecule has 0 aromatic carbocycles. The molecule has 88 valence electrons. The van der Waals surface area contributed by atoms with E-state index in [1.54, 1.807) is 7.11 Å². The molecule has 0 bridgehead atoms. The smallest absolute Gasteiger partial charge is 0.164 e. The fraction of sp³-hybridized carbons (Fsp3) is 0.900. The standard InChI is InChI=1S/C10H18O4S/c1-14-10(6-4-7-10)9(11)5-3-8-15(2,12)13/h3-8H2,1-2H3. The minimum Gasteiger partial charge on any atom is -0.370 e. The van der Waals surface area contributed by atoms with Crippen molar-refractivity contribution in [3.05, 3.63) is 0 Å². The molecule has 4 nitrogen and oxygen atoms in total. The second-order valence-electron chi connectivity index (χ2n) is 4.21. The molecule has 15 heavy (non-hydrogen) atoms. The van der Waals surface area contributed by atoms with E-state index in [9.17, 15) is 13.2 Å². The number of Topliss-reactive ketones (excluding diaryl/α,β-unsaturated/α-hetero) is 1. The van der Waals surface area contributed by atoms with Gasteiger partial charge in [0.1, 0.15) is 15.4 Å². The Bertz CT molecular complexity index is 322. The van der Waals surface area contributed by atoms with Gasteiger partial charge >= 0.3 is 0 Å². The molecular formula is C10H18O4S. The molecule has 0 heterocycles. The number of methoxy groups -OCH3 is 1. The first-order chi connectivity index (χ1) is 6.90. The first-order valence-corrected chi connectivity index (χ1v) is 7.22. The van der Waals surface area contributed by atoms with Gasteiger partial charge in [0.2, 0.25) is 0 Å². The Morgan fingerprint density at radius 2 is 2.00 bits per heavy atom. The summed E-state index contributed by atoms with van der Waals surface area (Å²) in [6, 6.07) is 0. The van der Waals surface area contributed by atoms with Crippen LogP contribution in [-0.4, -0.2) is 38.9 Å². The van der Waals surface area contributed by atoms with Crippen LogP contribution in [0.2, 0.25) is 0 Å². The first kappa shape index (κ1) is 12.6. The summed E-state index contributed by atoms with van der Waals surface area (Å²) < 4.78 is 27.0. The lowest BCUT2D eigenvalue weighted by Crippen LogP contribution is -2.47. The van der Waals surface area contributed by atoms with Gasteiger partial charge in [-0.05, 0) is 25.7 Å². The number of ether oxygens (including phenoxy) is 1. The number of sulfone groups is 1. The number of ketones is 1. The molecular weight excluding hydrogens is 216 g/mol. The van der Waals surface area contributed by atoms with Gasteiger partial charge in [-0.1, -0.05) is 0 Å². The van der Waals surface area contributed by atoms with Crippen LogP contribution in [0, 0.1) is 0 Å². The average molecular weight is 234 g/mol. The maximum Gasteiger partial charge on any atom is 0.164 e. The third-order valence-corrected chi connectivity index (χ3v) is 4.01. The highest BCUT2D eigenvalue weighted by Gasteiger charge is 2.43. The normalized spacial score (nSPS) is 19.6. The van der Waals surface area contributed by atoms with Crippen LogP contribution in [0.1, 0.15) is 32.1 Å². The van der Waals surface area contributed by atoms with E-state index in [1.807, 2.05) is 0 Å². The van der Waals surface area contributed by atoms with E-state index in [0.29, 0.717) is 12.8 Å². The van der Waals surface area contributed by atoms with Crippen molar-refractivity contribution >= 4 is 15.6 Å². The van der Waals surface area contributed by atoms with Gasteiger partial charge < -0.3 is 4.74 Å². The number of carbonyl (C=O) groups excluding carboxylic acids is 1. The lowest BCUT2D eigenvalue weighted by molar-refractivity contribution is -0.151. The molecule has 0 N–H and O–H groups in total. The molecule has 0 amide bonds. The molecule has 0 radical (unpaired) electrons. The number of hydrogen-bond acceptors (Lipinski definition) is 4. The number of carbonyl (C=O) groups is 1. The molecule has 0 spiro atoms. The third kappa shape index (κ3) is 3.28. The minimum atomic E-state index is -2.95. The average Bonchev–Trinajstić information content (AvgIpc) is 2.00. The molecule has 0 aliphatic heterocycles. The number of hydrogen-bond donors (Lipinski definition) is 0. The summed E-state index contributed by atoms with van der Waals surface area (Å²) in [7, 11) is -1.40. The summed E-state index contributed by atoms with van der Waals surface area (Å²) in [6.07, 6.45) is 4.48. The summed E-state index contributed by atoms with van der Waals surface area (Å²) in [4.78, 5) is 11.7. The Hall–Kier alpha value is -0.420. The van der Waals surface area contributed by atoms with E-state index in [4.69, 9.17) is 4.74 Å². The molecule has 0 atom stereocenters. The summed E-state index contributed by atoms with van der Waals surface area (Å²) >= 11 is 0. The maximum atomic E-state index is 11.7. The Balaban J connectivity index is 2.36. The van der Waals surface area contributed by atoms with Crippen LogP contribution in [0.5, 0.6) is 0 Å². The molecule has 1 rings (SSSR count). The zero-order valence-electron chi connectivity index (χ0n) is 9.28. The van der Waals surface area contributed by atoms with Crippen LogP contribution < -0.4 is 0 Å². The van der Waals surface area contributed by atoms with Gasteiger partial charge in [-0.25, -0.2) is 8.42 Å². The Morgan fingerprint density at radius 3 is 2.33 bits per heavy atom. The van der Waals surface area contributed by atoms with E-state index in [-0.39, 0.29) is 11.5 Å². The molecule has 1 fully saturated rings. The van der Waals surface area contributed by atoms with E-state index < -0.39 is 15.4 Å². The SMILES string of the molecule is COC1(C(=O)CCCS(C)(=O)=O)CCC1. The molecule has 5 heteroatoms. The van der Waals surface area contributed by atoms with Gasteiger partial charge in [0.15, 0.2) is 5.78 Å². The van der Waals surface area contributed by atoms with E-state index >= 15 is 0 Å². The fourth-order valence-corrected chi connectivity index (χ4v) is 2.49. The fourth-order valence-electron chi connectivity index (χ4n) is 1.82. The third-order valence-electron chi connectivity index (χ3n) is 2.98. The van der Waals surface area contributed by atoms with Crippen molar-refractivity contribution in [2.45, 2.75) is 37.7 Å². The zero-order valence-corrected chi connectivity index (χ0v) is 10.1. The molecule has 1 aliphatic rings. The Morgan fingerprint density at radius 1 is 1.40 bits per heavy atom. The molecule has 0 aromatic rings. The number of rotatable bonds is 6. The summed E-state index contributed by atoms with van der Waals surface area (Å²) in [5, 5.41) is 0. The van der Waals surface area contributed by atoms with Gasteiger partial charge in [-0.2, -0.15) is 0 Å². The lowest BCUT2D eigenvalue weighted by atomic mass is 9.75. The van der Waals surface area contributed by atoms with Gasteiger partial charge in [-0.15, -0.1) is 0 Å². The Kier molecular flexibility index (Phi) is 3.89. The van der Waals surface area contributed by atoms with Crippen LogP contribution in [0.4, 0.5) is 0 Å². The Labute approximate surface area is 90.9 Å². The van der Waals surface area contributed by atoms with Gasteiger partial charge in [-0.3, -0.25) is 4.79 Å². The second kappa shape index (κ2) is 4.61. The zero-order chi connectivity index (χ0) is 11.5. The molecule has 0 aromatic heterocycles. The highest BCUT2D eigenvalue weighted by molar-refractivity contribution is 7.90. The van der Waals surface area contributed by atoms with Crippen molar-refractivity contribution in [2.24, 2.45) is 0 Å². The van der Waals surface area contributed by atoms with Crippen LogP contribution in [-0.2, 0) is 19.4 Å². The summed E-state index contributed by atoms with van der Waals surface area (Å²) in [5.74, 6) is 0.137. The van der Waals surface area contributed by atoms with Crippen molar-refractivity contribution in [1.82, 2.24) is 0 Å². The van der Waals surface area contributed by atoms with Crippen LogP contribution >= 0.6 is 0 Å². The van der Waals surface area contributed by atoms with Crippen LogP contribution in [0.25, 0.3) is 0 Å². The van der Waals surface area contributed by atoms with Crippen LogP contribution in [0.15, 0.2) is 0 Å². The highest BCUT2D eigenvalue weighted by atomic mass is 32.2. The maximum absolute atomic E-state index is 11.7. The molecule has 1 saturated carbocycles. The van der Waals surface area contributed by atoms with E-state index in [1.165, 1.54) is 6.26 Å². The monoisotopic (exact) mass is 234 g/mol. The summed E-state index contributed by atoms with van der Waals surface area (Å²) in [6.45, 7) is 0. The van der Waals surface area contributed by atoms with Crippen molar-refractivity contribution in [3.63, 3.8) is 0 Å². The summed E-state index contributed by atoms with van der Waals surface area (Å²) in [5.41, 5.74) is -0.586. The topological polar surface area (TPSA) is 60.4 Å². The van der Waals surface area contributed by atoms with E-state index in [0.717, 1.165) is 19.3 Å². The lowest BCUT2D eigenvalue weighted by Gasteiger charge is -2.38. The molecule has 0 saturated heterocycles. The predicted octanol–water partition coefficient (Wildman–Crippen LogP) is 0.949. The molecule has 0 unspecified atom stereocenters.